The van der Waals surface area contributed by atoms with Crippen molar-refractivity contribution in [2.24, 2.45) is 10.4 Å². The minimum Gasteiger partial charge on any atom is -0.326 e. The van der Waals surface area contributed by atoms with Crippen LogP contribution >= 0.6 is 23.4 Å². The third-order valence-corrected chi connectivity index (χ3v) is 5.91. The summed E-state index contributed by atoms with van der Waals surface area (Å²) >= 11 is 7.53. The zero-order valence-electron chi connectivity index (χ0n) is 17.8. The maximum atomic E-state index is 12.5. The van der Waals surface area contributed by atoms with E-state index in [2.05, 4.69) is 20.6 Å². The third-order valence-electron chi connectivity index (χ3n) is 4.68. The molecular formula is C24H21ClN4O2S. The number of amides is 2. The number of hydrogen-bond acceptors (Lipinski definition) is 5. The molecule has 1 saturated heterocycles. The first kappa shape index (κ1) is 22.0. The number of hydrogen-bond donors (Lipinski definition) is 2. The molecule has 0 aliphatic carbocycles. The first-order valence-corrected chi connectivity index (χ1v) is 11.1. The van der Waals surface area contributed by atoms with Gasteiger partial charge in [-0.25, -0.2) is 4.99 Å². The Bertz CT molecular complexity index is 1290. The number of aromatic nitrogens is 1. The Morgan fingerprint density at radius 3 is 2.78 bits per heavy atom. The molecule has 0 saturated carbocycles. The summed E-state index contributed by atoms with van der Waals surface area (Å²) in [5, 5.41) is 7.47. The largest absolute Gasteiger partial charge is 0.326 e. The van der Waals surface area contributed by atoms with Crippen LogP contribution in [0.4, 0.5) is 11.4 Å². The van der Waals surface area contributed by atoms with Crippen LogP contribution in [-0.2, 0) is 9.59 Å². The number of halogens is 1. The van der Waals surface area contributed by atoms with Crippen molar-refractivity contribution in [2.45, 2.75) is 20.8 Å². The van der Waals surface area contributed by atoms with E-state index in [1.807, 2.05) is 57.2 Å². The number of carbonyl (C=O) groups excluding carboxylic acids is 2. The van der Waals surface area contributed by atoms with Crippen LogP contribution in [0.5, 0.6) is 0 Å². The lowest BCUT2D eigenvalue weighted by Gasteiger charge is -2.18. The zero-order chi connectivity index (χ0) is 22.9. The van der Waals surface area contributed by atoms with Gasteiger partial charge in [0.05, 0.1) is 21.1 Å². The lowest BCUT2D eigenvalue weighted by Crippen LogP contribution is -2.27. The van der Waals surface area contributed by atoms with Gasteiger partial charge in [-0.05, 0) is 59.8 Å². The molecule has 6 nitrogen and oxygen atoms in total. The van der Waals surface area contributed by atoms with Crippen molar-refractivity contribution in [1.82, 2.24) is 10.3 Å². The predicted molar refractivity (Wildman–Crippen MR) is 132 cm³/mol. The standard InChI is InChI=1S/C24H21ClN4O2S/c1-24(2,3)22(31)27-16-7-8-17(25)19(13-16)28-23-29-21(30)20(32-23)12-14-6-9-18-15(11-14)5-4-10-26-18/h4-13H,1-3H3,(H,27,31)(H,28,29,30)/b20-12-. The highest BCUT2D eigenvalue weighted by Crippen LogP contribution is 2.33. The van der Waals surface area contributed by atoms with Crippen molar-refractivity contribution in [1.29, 1.82) is 0 Å². The Kier molecular flexibility index (Phi) is 6.04. The summed E-state index contributed by atoms with van der Waals surface area (Å²) in [6.07, 6.45) is 3.56. The average Bonchev–Trinajstić information content (AvgIpc) is 3.08. The van der Waals surface area contributed by atoms with Gasteiger partial charge >= 0.3 is 0 Å². The summed E-state index contributed by atoms with van der Waals surface area (Å²) in [4.78, 5) is 34.1. The van der Waals surface area contributed by atoms with E-state index >= 15 is 0 Å². The highest BCUT2D eigenvalue weighted by atomic mass is 35.5. The van der Waals surface area contributed by atoms with Crippen molar-refractivity contribution in [3.05, 3.63) is 70.2 Å². The van der Waals surface area contributed by atoms with Gasteiger partial charge < -0.3 is 10.6 Å². The summed E-state index contributed by atoms with van der Waals surface area (Å²) in [6, 6.07) is 14.8. The molecule has 0 atom stereocenters. The molecule has 2 aromatic carbocycles. The number of rotatable bonds is 3. The number of thioether (sulfide) groups is 1. The van der Waals surface area contributed by atoms with Gasteiger partial charge in [0, 0.05) is 22.7 Å². The van der Waals surface area contributed by atoms with E-state index in [1.165, 1.54) is 11.8 Å². The second kappa shape index (κ2) is 8.76. The van der Waals surface area contributed by atoms with Crippen molar-refractivity contribution < 1.29 is 9.59 Å². The molecule has 1 aromatic heterocycles. The number of carbonyl (C=O) groups is 2. The monoisotopic (exact) mass is 464 g/mol. The van der Waals surface area contributed by atoms with Gasteiger partial charge in [-0.15, -0.1) is 0 Å². The van der Waals surface area contributed by atoms with E-state index in [0.29, 0.717) is 26.5 Å². The fourth-order valence-electron chi connectivity index (χ4n) is 2.92. The number of nitrogens with zero attached hydrogens (tertiary/aromatic N) is 2. The number of nitrogens with one attached hydrogen (secondary N) is 2. The van der Waals surface area contributed by atoms with Crippen LogP contribution < -0.4 is 10.6 Å². The van der Waals surface area contributed by atoms with Crippen LogP contribution in [0.15, 0.2) is 64.6 Å². The minimum absolute atomic E-state index is 0.113. The number of fused-ring (bicyclic) bond motifs is 1. The lowest BCUT2D eigenvalue weighted by atomic mass is 9.95. The summed E-state index contributed by atoms with van der Waals surface area (Å²) in [5.74, 6) is -0.342. The zero-order valence-corrected chi connectivity index (χ0v) is 19.3. The Labute approximate surface area is 195 Å². The smallest absolute Gasteiger partial charge is 0.264 e. The third kappa shape index (κ3) is 5.00. The predicted octanol–water partition coefficient (Wildman–Crippen LogP) is 5.76. The molecule has 0 radical (unpaired) electrons. The molecule has 2 amide bonds. The van der Waals surface area contributed by atoms with Crippen molar-refractivity contribution in [3.8, 4) is 0 Å². The summed E-state index contributed by atoms with van der Waals surface area (Å²) in [7, 11) is 0. The molecule has 0 unspecified atom stereocenters. The first-order valence-electron chi connectivity index (χ1n) is 9.94. The number of benzene rings is 2. The van der Waals surface area contributed by atoms with E-state index in [1.54, 1.807) is 24.4 Å². The number of pyridine rings is 1. The van der Waals surface area contributed by atoms with Crippen molar-refractivity contribution in [2.75, 3.05) is 5.32 Å². The molecule has 4 rings (SSSR count). The molecule has 3 aromatic rings. The van der Waals surface area contributed by atoms with Gasteiger partial charge in [0.15, 0.2) is 5.17 Å². The van der Waals surface area contributed by atoms with Crippen LogP contribution in [-0.4, -0.2) is 22.0 Å². The molecular weight excluding hydrogens is 444 g/mol. The Balaban J connectivity index is 1.57. The maximum Gasteiger partial charge on any atom is 0.264 e. The molecule has 0 spiro atoms. The van der Waals surface area contributed by atoms with E-state index in [0.717, 1.165) is 16.5 Å². The average molecular weight is 465 g/mol. The fourth-order valence-corrected chi connectivity index (χ4v) is 3.91. The van der Waals surface area contributed by atoms with Gasteiger partial charge in [0.1, 0.15) is 0 Å². The minimum atomic E-state index is -0.528. The first-order chi connectivity index (χ1) is 15.2. The quantitative estimate of drug-likeness (QED) is 0.482. The molecule has 2 heterocycles. The van der Waals surface area contributed by atoms with Crippen LogP contribution in [0.2, 0.25) is 5.02 Å². The van der Waals surface area contributed by atoms with Gasteiger partial charge in [0.2, 0.25) is 5.91 Å². The molecule has 0 bridgehead atoms. The molecule has 8 heteroatoms. The van der Waals surface area contributed by atoms with Gasteiger partial charge in [-0.3, -0.25) is 14.6 Å². The molecule has 1 fully saturated rings. The number of aliphatic imine (C=N–C) groups is 1. The second-order valence-electron chi connectivity index (χ2n) is 8.31. The fraction of sp³-hybridized carbons (Fsp3) is 0.167. The molecule has 2 N–H and O–H groups in total. The van der Waals surface area contributed by atoms with Gasteiger partial charge in [-0.2, -0.15) is 0 Å². The molecule has 32 heavy (non-hydrogen) atoms. The summed E-state index contributed by atoms with van der Waals surface area (Å²) < 4.78 is 0. The van der Waals surface area contributed by atoms with Crippen molar-refractivity contribution >= 4 is 68.7 Å². The number of anilines is 1. The van der Waals surface area contributed by atoms with E-state index in [4.69, 9.17) is 11.6 Å². The Morgan fingerprint density at radius 1 is 1.19 bits per heavy atom. The second-order valence-corrected chi connectivity index (χ2v) is 9.75. The number of amidine groups is 1. The maximum absolute atomic E-state index is 12.5. The Morgan fingerprint density at radius 2 is 2.00 bits per heavy atom. The Hall–Kier alpha value is -3.16. The van der Waals surface area contributed by atoms with Gasteiger partial charge in [0.25, 0.3) is 5.91 Å². The normalized spacial score (nSPS) is 16.6. The van der Waals surface area contributed by atoms with E-state index in [9.17, 15) is 9.59 Å². The SMILES string of the molecule is CC(C)(C)C(=O)Nc1ccc(Cl)c(N=C2NC(=O)/C(=C/c3ccc4ncccc4c3)S2)c1. The lowest BCUT2D eigenvalue weighted by molar-refractivity contribution is -0.123. The van der Waals surface area contributed by atoms with Gasteiger partial charge in [-0.1, -0.05) is 44.5 Å². The van der Waals surface area contributed by atoms with E-state index in [-0.39, 0.29) is 11.8 Å². The summed E-state index contributed by atoms with van der Waals surface area (Å²) in [6.45, 7) is 5.51. The van der Waals surface area contributed by atoms with Crippen LogP contribution in [0.1, 0.15) is 26.3 Å². The van der Waals surface area contributed by atoms with Crippen molar-refractivity contribution in [3.63, 3.8) is 0 Å². The molecule has 1 aliphatic heterocycles. The topological polar surface area (TPSA) is 83.5 Å². The highest BCUT2D eigenvalue weighted by molar-refractivity contribution is 8.18. The van der Waals surface area contributed by atoms with Crippen LogP contribution in [0.3, 0.4) is 0 Å². The van der Waals surface area contributed by atoms with E-state index < -0.39 is 5.41 Å². The summed E-state index contributed by atoms with van der Waals surface area (Å²) in [5.41, 5.74) is 2.31. The molecule has 162 valence electrons. The molecule has 1 aliphatic rings. The highest BCUT2D eigenvalue weighted by Gasteiger charge is 2.25. The van der Waals surface area contributed by atoms with Crippen LogP contribution in [0.25, 0.3) is 17.0 Å². The van der Waals surface area contributed by atoms with Crippen LogP contribution in [0, 0.1) is 5.41 Å².